The first-order valence-electron chi connectivity index (χ1n) is 6.88. The van der Waals surface area contributed by atoms with Crippen molar-refractivity contribution in [2.75, 3.05) is 7.05 Å². The second kappa shape index (κ2) is 5.70. The van der Waals surface area contributed by atoms with Gasteiger partial charge in [-0.1, -0.05) is 53.5 Å². The van der Waals surface area contributed by atoms with E-state index in [-0.39, 0.29) is 11.9 Å². The molecule has 1 aliphatic rings. The molecule has 0 spiro atoms. The Morgan fingerprint density at radius 2 is 1.90 bits per heavy atom. The van der Waals surface area contributed by atoms with Gasteiger partial charge in [0.25, 0.3) is 5.91 Å². The molecular weight excluding hydrogens is 305 g/mol. The van der Waals surface area contributed by atoms with Crippen molar-refractivity contribution >= 4 is 29.1 Å². The molecule has 0 aliphatic heterocycles. The molecule has 0 saturated carbocycles. The standard InChI is InChI=1S/C17H15Cl2NO/c1-20(15-10-9-11-5-2-3-6-12(11)15)17(21)13-7-4-8-14(18)16(13)19/h2-8,15H,9-10H2,1H3/t15-/m1/s1. The molecule has 0 bridgehead atoms. The molecule has 21 heavy (non-hydrogen) atoms. The van der Waals surface area contributed by atoms with E-state index in [2.05, 4.69) is 12.1 Å². The van der Waals surface area contributed by atoms with Crippen LogP contribution in [0, 0.1) is 0 Å². The zero-order valence-electron chi connectivity index (χ0n) is 11.6. The quantitative estimate of drug-likeness (QED) is 0.782. The molecule has 1 amide bonds. The molecule has 108 valence electrons. The summed E-state index contributed by atoms with van der Waals surface area (Å²) in [5, 5.41) is 0.727. The van der Waals surface area contributed by atoms with E-state index in [1.54, 1.807) is 23.1 Å². The van der Waals surface area contributed by atoms with Crippen LogP contribution in [0.25, 0.3) is 0 Å². The Kier molecular flexibility index (Phi) is 3.92. The number of carbonyl (C=O) groups is 1. The minimum atomic E-state index is -0.0933. The highest BCUT2D eigenvalue weighted by Crippen LogP contribution is 2.36. The number of halogens is 2. The highest BCUT2D eigenvalue weighted by atomic mass is 35.5. The van der Waals surface area contributed by atoms with E-state index in [1.165, 1.54) is 11.1 Å². The Bertz CT molecular complexity index is 699. The number of fused-ring (bicyclic) bond motifs is 1. The maximum absolute atomic E-state index is 12.7. The van der Waals surface area contributed by atoms with Crippen molar-refractivity contribution in [2.45, 2.75) is 18.9 Å². The number of carbonyl (C=O) groups excluding carboxylic acids is 1. The van der Waals surface area contributed by atoms with Gasteiger partial charge in [-0.25, -0.2) is 0 Å². The molecule has 4 heteroatoms. The fourth-order valence-corrected chi connectivity index (χ4v) is 3.32. The molecule has 0 saturated heterocycles. The van der Waals surface area contributed by atoms with Crippen LogP contribution in [0.3, 0.4) is 0 Å². The van der Waals surface area contributed by atoms with Gasteiger partial charge in [0, 0.05) is 7.05 Å². The number of amides is 1. The summed E-state index contributed by atoms with van der Waals surface area (Å²) in [4.78, 5) is 14.5. The third-order valence-corrected chi connectivity index (χ3v) is 4.89. The van der Waals surface area contributed by atoms with Crippen LogP contribution in [0.1, 0.15) is 33.9 Å². The first-order chi connectivity index (χ1) is 10.1. The molecular formula is C17H15Cl2NO. The zero-order chi connectivity index (χ0) is 15.0. The zero-order valence-corrected chi connectivity index (χ0v) is 13.2. The lowest BCUT2D eigenvalue weighted by Gasteiger charge is -2.26. The van der Waals surface area contributed by atoms with Gasteiger partial charge in [-0.15, -0.1) is 0 Å². The van der Waals surface area contributed by atoms with E-state index in [4.69, 9.17) is 23.2 Å². The number of aryl methyl sites for hydroxylation is 1. The van der Waals surface area contributed by atoms with Crippen LogP contribution in [0.15, 0.2) is 42.5 Å². The topological polar surface area (TPSA) is 20.3 Å². The van der Waals surface area contributed by atoms with Crippen molar-refractivity contribution < 1.29 is 4.79 Å². The summed E-state index contributed by atoms with van der Waals surface area (Å²) >= 11 is 12.2. The van der Waals surface area contributed by atoms with E-state index < -0.39 is 0 Å². The molecule has 0 radical (unpaired) electrons. The van der Waals surface area contributed by atoms with Crippen LogP contribution in [-0.2, 0) is 6.42 Å². The molecule has 1 atom stereocenters. The highest BCUT2D eigenvalue weighted by molar-refractivity contribution is 6.43. The van der Waals surface area contributed by atoms with Crippen molar-refractivity contribution in [2.24, 2.45) is 0 Å². The first kappa shape index (κ1) is 14.4. The summed E-state index contributed by atoms with van der Waals surface area (Å²) in [6.45, 7) is 0. The molecule has 2 aromatic rings. The van der Waals surface area contributed by atoms with Gasteiger partial charge in [0.2, 0.25) is 0 Å². The summed E-state index contributed by atoms with van der Waals surface area (Å²) in [6, 6.07) is 13.5. The van der Waals surface area contributed by atoms with Crippen LogP contribution in [-0.4, -0.2) is 17.9 Å². The maximum atomic E-state index is 12.7. The largest absolute Gasteiger partial charge is 0.335 e. The fraction of sp³-hybridized carbons (Fsp3) is 0.235. The summed E-state index contributed by atoms with van der Waals surface area (Å²) < 4.78 is 0. The minimum Gasteiger partial charge on any atom is -0.335 e. The monoisotopic (exact) mass is 319 g/mol. The van der Waals surface area contributed by atoms with E-state index in [0.717, 1.165) is 12.8 Å². The lowest BCUT2D eigenvalue weighted by molar-refractivity contribution is 0.0731. The smallest absolute Gasteiger partial charge is 0.255 e. The Labute approximate surface area is 134 Å². The van der Waals surface area contributed by atoms with Gasteiger partial charge in [-0.3, -0.25) is 4.79 Å². The van der Waals surface area contributed by atoms with Gasteiger partial charge in [-0.05, 0) is 36.1 Å². The summed E-state index contributed by atoms with van der Waals surface area (Å²) in [5.41, 5.74) is 3.00. The Balaban J connectivity index is 1.91. The van der Waals surface area contributed by atoms with Gasteiger partial charge < -0.3 is 4.90 Å². The number of hydrogen-bond donors (Lipinski definition) is 0. The van der Waals surface area contributed by atoms with E-state index >= 15 is 0 Å². The van der Waals surface area contributed by atoms with Crippen molar-refractivity contribution in [3.8, 4) is 0 Å². The van der Waals surface area contributed by atoms with Crippen LogP contribution < -0.4 is 0 Å². The van der Waals surface area contributed by atoms with E-state index in [1.807, 2.05) is 19.2 Å². The average Bonchev–Trinajstić information content (AvgIpc) is 2.92. The van der Waals surface area contributed by atoms with Crippen molar-refractivity contribution in [3.63, 3.8) is 0 Å². The molecule has 0 N–H and O–H groups in total. The van der Waals surface area contributed by atoms with Gasteiger partial charge in [0.15, 0.2) is 0 Å². The van der Waals surface area contributed by atoms with Crippen LogP contribution in [0.4, 0.5) is 0 Å². The van der Waals surface area contributed by atoms with E-state index in [9.17, 15) is 4.79 Å². The summed E-state index contributed by atoms with van der Waals surface area (Å²) in [7, 11) is 1.83. The SMILES string of the molecule is CN(C(=O)c1cccc(Cl)c1Cl)[C@@H]1CCc2ccccc21. The first-order valence-corrected chi connectivity index (χ1v) is 7.64. The Morgan fingerprint density at radius 1 is 1.14 bits per heavy atom. The highest BCUT2D eigenvalue weighted by Gasteiger charge is 2.29. The van der Waals surface area contributed by atoms with Gasteiger partial charge >= 0.3 is 0 Å². The molecule has 0 aromatic heterocycles. The molecule has 2 nitrogen and oxygen atoms in total. The fourth-order valence-electron chi connectivity index (χ4n) is 2.94. The molecule has 2 aromatic carbocycles. The Hall–Kier alpha value is -1.51. The third kappa shape index (κ3) is 2.54. The predicted octanol–water partition coefficient (Wildman–Crippen LogP) is 4.75. The number of hydrogen-bond acceptors (Lipinski definition) is 1. The molecule has 0 fully saturated rings. The predicted molar refractivity (Wildman–Crippen MR) is 86.1 cm³/mol. The third-order valence-electron chi connectivity index (χ3n) is 4.07. The lowest BCUT2D eigenvalue weighted by atomic mass is 10.1. The summed E-state index contributed by atoms with van der Waals surface area (Å²) in [5.74, 6) is -0.0933. The van der Waals surface area contributed by atoms with Gasteiger partial charge in [0.05, 0.1) is 21.7 Å². The molecule has 0 heterocycles. The number of nitrogens with zero attached hydrogens (tertiary/aromatic N) is 1. The molecule has 3 rings (SSSR count). The van der Waals surface area contributed by atoms with Gasteiger partial charge in [-0.2, -0.15) is 0 Å². The normalized spacial score (nSPS) is 16.6. The second-order valence-corrected chi connectivity index (χ2v) is 6.06. The van der Waals surface area contributed by atoms with Crippen LogP contribution in [0.5, 0.6) is 0 Å². The van der Waals surface area contributed by atoms with E-state index in [0.29, 0.717) is 15.6 Å². The Morgan fingerprint density at radius 3 is 2.71 bits per heavy atom. The minimum absolute atomic E-state index is 0.0933. The second-order valence-electron chi connectivity index (χ2n) is 5.27. The van der Waals surface area contributed by atoms with Crippen molar-refractivity contribution in [1.29, 1.82) is 0 Å². The maximum Gasteiger partial charge on any atom is 0.255 e. The van der Waals surface area contributed by atoms with Crippen LogP contribution in [0.2, 0.25) is 10.0 Å². The molecule has 1 aliphatic carbocycles. The average molecular weight is 320 g/mol. The number of benzene rings is 2. The number of rotatable bonds is 2. The lowest BCUT2D eigenvalue weighted by Crippen LogP contribution is -2.30. The van der Waals surface area contributed by atoms with Crippen molar-refractivity contribution in [3.05, 3.63) is 69.2 Å². The molecule has 0 unspecified atom stereocenters. The van der Waals surface area contributed by atoms with Crippen LogP contribution >= 0.6 is 23.2 Å². The summed E-state index contributed by atoms with van der Waals surface area (Å²) in [6.07, 6.45) is 1.95. The van der Waals surface area contributed by atoms with Gasteiger partial charge in [0.1, 0.15) is 0 Å². The van der Waals surface area contributed by atoms with Crippen molar-refractivity contribution in [1.82, 2.24) is 4.90 Å².